The minimum Gasteiger partial charge on any atom is -0.385 e. The minimum absolute atomic E-state index is 0.0549. The van der Waals surface area contributed by atoms with Crippen LogP contribution < -0.4 is 10.6 Å². The number of benzene rings is 1. The van der Waals surface area contributed by atoms with Gasteiger partial charge in [0.05, 0.1) is 0 Å². The molecule has 0 saturated heterocycles. The molecular formula is C17H26N2O. The van der Waals surface area contributed by atoms with E-state index >= 15 is 0 Å². The molecule has 1 heterocycles. The fourth-order valence-corrected chi connectivity index (χ4v) is 2.33. The molecule has 1 amide bonds. The lowest BCUT2D eigenvalue weighted by molar-refractivity contribution is 0.0924. The Labute approximate surface area is 122 Å². The van der Waals surface area contributed by atoms with Crippen molar-refractivity contribution in [3.8, 4) is 0 Å². The van der Waals surface area contributed by atoms with Crippen molar-refractivity contribution in [2.24, 2.45) is 11.3 Å². The number of carbonyl (C=O) groups is 1. The molecule has 3 nitrogen and oxygen atoms in total. The van der Waals surface area contributed by atoms with Gasteiger partial charge in [0.15, 0.2) is 0 Å². The predicted molar refractivity (Wildman–Crippen MR) is 84.2 cm³/mol. The Hall–Kier alpha value is -1.51. The van der Waals surface area contributed by atoms with Crippen molar-refractivity contribution in [1.82, 2.24) is 5.32 Å². The standard InChI is InChI=1S/C17H26N2O/c1-12(2)17(3,4)11-19-16(20)14-7-5-9-15-13(14)8-6-10-18-15/h5,7,9,12,18H,6,8,10-11H2,1-4H3,(H,19,20). The van der Waals surface area contributed by atoms with Crippen LogP contribution in [-0.2, 0) is 6.42 Å². The molecule has 2 rings (SSSR count). The molecule has 0 spiro atoms. The van der Waals surface area contributed by atoms with Crippen LogP contribution in [0.25, 0.3) is 0 Å². The average Bonchev–Trinajstić information content (AvgIpc) is 2.44. The van der Waals surface area contributed by atoms with Crippen molar-refractivity contribution in [3.05, 3.63) is 29.3 Å². The van der Waals surface area contributed by atoms with Gasteiger partial charge in [-0.05, 0) is 41.9 Å². The van der Waals surface area contributed by atoms with Crippen LogP contribution >= 0.6 is 0 Å². The molecule has 2 N–H and O–H groups in total. The molecule has 3 heteroatoms. The average molecular weight is 274 g/mol. The van der Waals surface area contributed by atoms with E-state index in [2.05, 4.69) is 44.4 Å². The molecule has 110 valence electrons. The van der Waals surface area contributed by atoms with Gasteiger partial charge >= 0.3 is 0 Å². The highest BCUT2D eigenvalue weighted by Gasteiger charge is 2.24. The highest BCUT2D eigenvalue weighted by atomic mass is 16.1. The Morgan fingerprint density at radius 2 is 2.15 bits per heavy atom. The second-order valence-electron chi connectivity index (χ2n) is 6.69. The molecule has 0 atom stereocenters. The molecule has 0 aliphatic carbocycles. The summed E-state index contributed by atoms with van der Waals surface area (Å²) in [4.78, 5) is 12.4. The van der Waals surface area contributed by atoms with Crippen LogP contribution in [0, 0.1) is 11.3 Å². The largest absolute Gasteiger partial charge is 0.385 e. The summed E-state index contributed by atoms with van der Waals surface area (Å²) >= 11 is 0. The molecule has 1 aliphatic rings. The molecule has 0 radical (unpaired) electrons. The van der Waals surface area contributed by atoms with E-state index in [1.54, 1.807) is 0 Å². The molecule has 0 unspecified atom stereocenters. The maximum Gasteiger partial charge on any atom is 0.251 e. The van der Waals surface area contributed by atoms with Crippen molar-refractivity contribution in [2.75, 3.05) is 18.4 Å². The van der Waals surface area contributed by atoms with E-state index in [1.807, 2.05) is 12.1 Å². The zero-order valence-electron chi connectivity index (χ0n) is 13.0. The van der Waals surface area contributed by atoms with Gasteiger partial charge in [0.2, 0.25) is 0 Å². The Kier molecular flexibility index (Phi) is 4.36. The van der Waals surface area contributed by atoms with Gasteiger partial charge < -0.3 is 10.6 Å². The van der Waals surface area contributed by atoms with E-state index in [4.69, 9.17) is 0 Å². The van der Waals surface area contributed by atoms with Gasteiger partial charge in [0, 0.05) is 24.3 Å². The molecule has 0 bridgehead atoms. The molecule has 0 fully saturated rings. The lowest BCUT2D eigenvalue weighted by Crippen LogP contribution is -2.37. The maximum atomic E-state index is 12.4. The van der Waals surface area contributed by atoms with E-state index in [1.165, 1.54) is 5.56 Å². The third-order valence-corrected chi connectivity index (χ3v) is 4.61. The van der Waals surface area contributed by atoms with Gasteiger partial charge in [-0.15, -0.1) is 0 Å². The fourth-order valence-electron chi connectivity index (χ4n) is 2.33. The number of carbonyl (C=O) groups excluding carboxylic acids is 1. The maximum absolute atomic E-state index is 12.4. The summed E-state index contributed by atoms with van der Waals surface area (Å²) in [6.07, 6.45) is 2.08. The molecular weight excluding hydrogens is 248 g/mol. The highest BCUT2D eigenvalue weighted by molar-refractivity contribution is 5.97. The van der Waals surface area contributed by atoms with Crippen molar-refractivity contribution in [2.45, 2.75) is 40.5 Å². The first kappa shape index (κ1) is 14.9. The number of hydrogen-bond acceptors (Lipinski definition) is 2. The predicted octanol–water partition coefficient (Wildman–Crippen LogP) is 3.46. The zero-order valence-corrected chi connectivity index (χ0v) is 13.0. The Balaban J connectivity index is 2.10. The summed E-state index contributed by atoms with van der Waals surface area (Å²) in [5.41, 5.74) is 3.22. The summed E-state index contributed by atoms with van der Waals surface area (Å²) in [6, 6.07) is 5.95. The van der Waals surface area contributed by atoms with Crippen molar-refractivity contribution in [1.29, 1.82) is 0 Å². The highest BCUT2D eigenvalue weighted by Crippen LogP contribution is 2.27. The lowest BCUT2D eigenvalue weighted by Gasteiger charge is -2.29. The van der Waals surface area contributed by atoms with Crippen LogP contribution in [-0.4, -0.2) is 19.0 Å². The van der Waals surface area contributed by atoms with Gasteiger partial charge in [0.25, 0.3) is 5.91 Å². The fraction of sp³-hybridized carbons (Fsp3) is 0.588. The molecule has 1 aliphatic heterocycles. The van der Waals surface area contributed by atoms with Crippen molar-refractivity contribution < 1.29 is 4.79 Å². The molecule has 0 saturated carbocycles. The topological polar surface area (TPSA) is 41.1 Å². The Morgan fingerprint density at radius 1 is 1.40 bits per heavy atom. The van der Waals surface area contributed by atoms with Crippen LogP contribution in [0.3, 0.4) is 0 Å². The van der Waals surface area contributed by atoms with Crippen molar-refractivity contribution >= 4 is 11.6 Å². The number of rotatable bonds is 4. The quantitative estimate of drug-likeness (QED) is 0.883. The lowest BCUT2D eigenvalue weighted by atomic mass is 9.81. The molecule has 1 aromatic rings. The number of fused-ring (bicyclic) bond motifs is 1. The van der Waals surface area contributed by atoms with E-state index < -0.39 is 0 Å². The second kappa shape index (κ2) is 5.86. The Bertz CT molecular complexity index is 492. The van der Waals surface area contributed by atoms with Gasteiger partial charge in [0.1, 0.15) is 0 Å². The van der Waals surface area contributed by atoms with E-state index in [9.17, 15) is 4.79 Å². The van der Waals surface area contributed by atoms with Crippen molar-refractivity contribution in [3.63, 3.8) is 0 Å². The van der Waals surface area contributed by atoms with Crippen LogP contribution in [0.15, 0.2) is 18.2 Å². The smallest absolute Gasteiger partial charge is 0.251 e. The summed E-state index contributed by atoms with van der Waals surface area (Å²) in [5, 5.41) is 6.47. The number of hydrogen-bond donors (Lipinski definition) is 2. The van der Waals surface area contributed by atoms with E-state index in [-0.39, 0.29) is 11.3 Å². The first-order valence-electron chi connectivity index (χ1n) is 7.56. The summed E-state index contributed by atoms with van der Waals surface area (Å²) in [7, 11) is 0. The van der Waals surface area contributed by atoms with Gasteiger partial charge in [-0.2, -0.15) is 0 Å². The van der Waals surface area contributed by atoms with Gasteiger partial charge in [-0.3, -0.25) is 4.79 Å². The summed E-state index contributed by atoms with van der Waals surface area (Å²) in [5.74, 6) is 0.591. The van der Waals surface area contributed by atoms with Gasteiger partial charge in [-0.25, -0.2) is 0 Å². The molecule has 1 aromatic carbocycles. The summed E-state index contributed by atoms with van der Waals surface area (Å²) < 4.78 is 0. The SMILES string of the molecule is CC(C)C(C)(C)CNC(=O)c1cccc2c1CCCN2. The third kappa shape index (κ3) is 3.14. The molecule has 0 aromatic heterocycles. The second-order valence-corrected chi connectivity index (χ2v) is 6.69. The summed E-state index contributed by atoms with van der Waals surface area (Å²) in [6.45, 7) is 10.5. The number of anilines is 1. The van der Waals surface area contributed by atoms with E-state index in [0.717, 1.165) is 30.6 Å². The third-order valence-electron chi connectivity index (χ3n) is 4.61. The monoisotopic (exact) mass is 274 g/mol. The molecule has 20 heavy (non-hydrogen) atoms. The van der Waals surface area contributed by atoms with Crippen LogP contribution in [0.5, 0.6) is 0 Å². The normalized spacial score (nSPS) is 14.7. The number of nitrogens with one attached hydrogen (secondary N) is 2. The zero-order chi connectivity index (χ0) is 14.8. The van der Waals surface area contributed by atoms with Crippen LogP contribution in [0.4, 0.5) is 5.69 Å². The number of amides is 1. The first-order chi connectivity index (χ1) is 9.42. The van der Waals surface area contributed by atoms with Crippen LogP contribution in [0.2, 0.25) is 0 Å². The minimum atomic E-state index is 0.0549. The first-order valence-corrected chi connectivity index (χ1v) is 7.56. The van der Waals surface area contributed by atoms with Crippen LogP contribution in [0.1, 0.15) is 50.0 Å². The Morgan fingerprint density at radius 3 is 2.85 bits per heavy atom. The van der Waals surface area contributed by atoms with Gasteiger partial charge in [-0.1, -0.05) is 33.8 Å². The van der Waals surface area contributed by atoms with E-state index in [0.29, 0.717) is 12.5 Å².